The zero-order chi connectivity index (χ0) is 32.6. The van der Waals surface area contributed by atoms with Gasteiger partial charge in [-0.3, -0.25) is 4.79 Å². The van der Waals surface area contributed by atoms with Crippen molar-refractivity contribution < 1.29 is 137 Å². The summed E-state index contributed by atoms with van der Waals surface area (Å²) in [6.45, 7) is 12.1. The van der Waals surface area contributed by atoms with E-state index in [1.807, 2.05) is 30.3 Å². The van der Waals surface area contributed by atoms with Crippen molar-refractivity contribution in [2.45, 2.75) is 109 Å². The van der Waals surface area contributed by atoms with Gasteiger partial charge in [0.05, 0.1) is 29.8 Å². The van der Waals surface area contributed by atoms with Gasteiger partial charge in [0.1, 0.15) is 24.6 Å². The Morgan fingerprint density at radius 3 is 2.24 bits per heavy atom. The first kappa shape index (κ1) is 41.1. The SMILES string of the molecule is COCOC1CC2OC[C@@]2(O)C2(C)[C@H](C)C3(O)CC(OC(=O)C(O)[C@@H](C)c4ccccc4)C(C)=C(C(O)C(=O)[C@]12C)C3(C)C.[Ac].[Ac]. The number of esters is 1. The van der Waals surface area contributed by atoms with Crippen molar-refractivity contribution in [1.82, 2.24) is 0 Å². The first-order valence-electron chi connectivity index (χ1n) is 15.5. The maximum absolute atomic E-state index is 14.7. The van der Waals surface area contributed by atoms with Crippen molar-refractivity contribution >= 4 is 11.8 Å². The number of methoxy groups -OCH3 is 1. The first-order valence-corrected chi connectivity index (χ1v) is 15.5. The van der Waals surface area contributed by atoms with Gasteiger partial charge in [0, 0.05) is 125 Å². The number of aliphatic hydroxyl groups excluding tert-OH is 2. The number of benzene rings is 1. The molecule has 1 aromatic rings. The Kier molecular flexibility index (Phi) is 12.9. The van der Waals surface area contributed by atoms with Crippen molar-refractivity contribution in [3.05, 3.63) is 47.0 Å². The van der Waals surface area contributed by atoms with Gasteiger partial charge >= 0.3 is 5.97 Å². The van der Waals surface area contributed by atoms with Crippen molar-refractivity contribution in [2.24, 2.45) is 22.2 Å². The fourth-order valence-electron chi connectivity index (χ4n) is 9.19. The maximum Gasteiger partial charge on any atom is 0.336 e. The van der Waals surface area contributed by atoms with Gasteiger partial charge in [-0.15, -0.1) is 0 Å². The quantitative estimate of drug-likeness (QED) is 0.183. The molecule has 0 amide bonds. The van der Waals surface area contributed by atoms with Crippen LogP contribution >= 0.6 is 0 Å². The predicted octanol–water partition coefficient (Wildman–Crippen LogP) is 2.66. The minimum Gasteiger partial charge on any atom is -0.456 e. The molecule has 0 spiro atoms. The second-order valence-electron chi connectivity index (χ2n) is 14.3. The topological polar surface area (TPSA) is 152 Å². The number of carbonyl (C=O) groups excluding carboxylic acids is 2. The monoisotopic (exact) mass is 1070 g/mol. The molecule has 1 aliphatic heterocycles. The molecular formula is C34H48Ac2O10. The molecule has 46 heavy (non-hydrogen) atoms. The van der Waals surface area contributed by atoms with Crippen LogP contribution in [-0.2, 0) is 28.5 Å². The Morgan fingerprint density at radius 1 is 1.09 bits per heavy atom. The van der Waals surface area contributed by atoms with Crippen molar-refractivity contribution in [3.8, 4) is 0 Å². The Hall–Kier alpha value is 0.703. The van der Waals surface area contributed by atoms with Crippen LogP contribution in [0.3, 0.4) is 0 Å². The average Bonchev–Trinajstić information content (AvgIpc) is 2.99. The number of fused-ring (bicyclic) bond motifs is 5. The van der Waals surface area contributed by atoms with Crippen LogP contribution in [0.2, 0.25) is 0 Å². The van der Waals surface area contributed by atoms with Gasteiger partial charge in [-0.05, 0) is 36.5 Å². The Labute approximate surface area is 343 Å². The largest absolute Gasteiger partial charge is 0.456 e. The number of carbonyl (C=O) groups is 2. The van der Waals surface area contributed by atoms with Gasteiger partial charge in [0.15, 0.2) is 11.9 Å². The van der Waals surface area contributed by atoms with E-state index < -0.39 is 81.6 Å². The average molecular weight is 1070 g/mol. The molecular weight excluding hydrogens is 1020 g/mol. The third kappa shape index (κ3) is 5.67. The number of rotatable bonds is 7. The molecule has 10 nitrogen and oxygen atoms in total. The molecule has 0 aromatic heterocycles. The fourth-order valence-corrected chi connectivity index (χ4v) is 9.19. The van der Waals surface area contributed by atoms with E-state index in [1.54, 1.807) is 48.5 Å². The van der Waals surface area contributed by atoms with Gasteiger partial charge in [0.25, 0.3) is 0 Å². The summed E-state index contributed by atoms with van der Waals surface area (Å²) >= 11 is 0. The first-order chi connectivity index (χ1) is 20.4. The molecule has 5 rings (SSSR count). The summed E-state index contributed by atoms with van der Waals surface area (Å²) in [7, 11) is 1.47. The number of hydrogen-bond acceptors (Lipinski definition) is 10. The number of hydrogen-bond donors (Lipinski definition) is 4. The number of Topliss-reactive ketones (excluding diaryl/α,β-unsaturated/α-hetero) is 1. The molecule has 1 heterocycles. The zero-order valence-corrected chi connectivity index (χ0v) is 37.6. The standard InChI is InChI=1S/C34H48O10.2Ac/c1-18(21-12-10-9-11-13-21)26(35)29(38)44-22-15-33(39)20(3)32(7)31(6,28(37)27(36)25(19(22)2)30(33,4)5)23(43-17-41-8)14-24-34(32,40)16-42-24;;/h9-13,18,20,22-24,26-27,35-36,39-40H,14-17H2,1-8H3;;/t18-,20-,22?,23?,24?,26?,27?,31-,32?,33?,34-;;/m0../s1. The number of ether oxygens (including phenoxy) is 4. The van der Waals surface area contributed by atoms with Crippen LogP contribution in [0.4, 0.5) is 0 Å². The normalized spacial score (nSPS) is 40.8. The van der Waals surface area contributed by atoms with E-state index in [0.717, 1.165) is 5.56 Å². The van der Waals surface area contributed by atoms with E-state index >= 15 is 0 Å². The molecule has 2 radical (unpaired) electrons. The van der Waals surface area contributed by atoms with Crippen molar-refractivity contribution in [2.75, 3.05) is 20.5 Å². The molecule has 1 saturated heterocycles. The van der Waals surface area contributed by atoms with Gasteiger partial charge in [-0.1, -0.05) is 65.0 Å². The smallest absolute Gasteiger partial charge is 0.336 e. The van der Waals surface area contributed by atoms with E-state index in [4.69, 9.17) is 18.9 Å². The van der Waals surface area contributed by atoms with Crippen LogP contribution in [0.25, 0.3) is 0 Å². The van der Waals surface area contributed by atoms with E-state index in [-0.39, 0.29) is 120 Å². The van der Waals surface area contributed by atoms with Crippen LogP contribution in [-0.4, -0.2) is 94.4 Å². The summed E-state index contributed by atoms with van der Waals surface area (Å²) < 4.78 is 23.0. The third-order valence-corrected chi connectivity index (χ3v) is 12.5. The summed E-state index contributed by atoms with van der Waals surface area (Å²) in [5.41, 5.74) is -5.76. The van der Waals surface area contributed by atoms with Crippen molar-refractivity contribution in [1.29, 1.82) is 0 Å². The molecule has 7 unspecified atom stereocenters. The van der Waals surface area contributed by atoms with Gasteiger partial charge in [-0.2, -0.15) is 0 Å². The zero-order valence-electron chi connectivity index (χ0n) is 28.1. The Bertz CT molecular complexity index is 1340. The molecule has 12 heteroatoms. The molecule has 250 valence electrons. The Balaban J connectivity index is 0.00000288. The molecule has 11 atom stereocenters. The molecule has 3 fully saturated rings. The van der Waals surface area contributed by atoms with Gasteiger partial charge in [-0.25, -0.2) is 4.79 Å². The van der Waals surface area contributed by atoms with Crippen molar-refractivity contribution in [3.63, 3.8) is 0 Å². The van der Waals surface area contributed by atoms with Gasteiger partial charge in [0.2, 0.25) is 0 Å². The molecule has 4 aliphatic rings. The molecule has 1 aromatic carbocycles. The summed E-state index contributed by atoms with van der Waals surface area (Å²) in [5.74, 6) is -2.78. The number of ketones is 1. The van der Waals surface area contributed by atoms with Crippen LogP contribution < -0.4 is 0 Å². The molecule has 2 saturated carbocycles. The van der Waals surface area contributed by atoms with E-state index in [9.17, 15) is 30.0 Å². The fraction of sp³-hybridized carbons (Fsp3) is 0.706. The second-order valence-corrected chi connectivity index (χ2v) is 14.3. The van der Waals surface area contributed by atoms with Crippen LogP contribution in [0, 0.1) is 110 Å². The second kappa shape index (κ2) is 14.4. The van der Waals surface area contributed by atoms with E-state index in [1.165, 1.54) is 7.11 Å². The minimum atomic E-state index is -1.70. The summed E-state index contributed by atoms with van der Waals surface area (Å²) in [5, 5.41) is 48.2. The van der Waals surface area contributed by atoms with E-state index in [0.29, 0.717) is 5.57 Å². The summed E-state index contributed by atoms with van der Waals surface area (Å²) in [4.78, 5) is 28.1. The van der Waals surface area contributed by atoms with Crippen LogP contribution in [0.15, 0.2) is 41.5 Å². The summed E-state index contributed by atoms with van der Waals surface area (Å²) in [6, 6.07) is 9.11. The maximum atomic E-state index is 14.7. The predicted molar refractivity (Wildman–Crippen MR) is 159 cm³/mol. The Morgan fingerprint density at radius 2 is 1.70 bits per heavy atom. The number of aliphatic hydroxyl groups is 4. The van der Waals surface area contributed by atoms with E-state index in [2.05, 4.69) is 0 Å². The molecule has 2 bridgehead atoms. The molecule has 4 N–H and O–H groups in total. The third-order valence-electron chi connectivity index (χ3n) is 12.5. The molecule has 3 aliphatic carbocycles. The van der Waals surface area contributed by atoms with Crippen LogP contribution in [0.1, 0.15) is 72.8 Å². The minimum absolute atomic E-state index is 0. The van der Waals surface area contributed by atoms with Gasteiger partial charge < -0.3 is 39.4 Å². The van der Waals surface area contributed by atoms with Crippen LogP contribution in [0.5, 0.6) is 0 Å². The summed E-state index contributed by atoms with van der Waals surface area (Å²) in [6.07, 6.45) is -5.56.